The molecule has 0 saturated heterocycles. The number of hydrogen-bond acceptors (Lipinski definition) is 3. The molecule has 0 unspecified atom stereocenters. The highest BCUT2D eigenvalue weighted by atomic mass is 28.4. The van der Waals surface area contributed by atoms with Gasteiger partial charge in [-0.2, -0.15) is 0 Å². The molecule has 0 fully saturated rings. The first-order valence-corrected chi connectivity index (χ1v) is 9.38. The summed E-state index contributed by atoms with van der Waals surface area (Å²) in [5.74, 6) is -0.391. The van der Waals surface area contributed by atoms with E-state index in [1.807, 2.05) is 79.4 Å². The molecule has 4 heteroatoms. The van der Waals surface area contributed by atoms with Crippen LogP contribution in [-0.4, -0.2) is 21.4 Å². The highest BCUT2D eigenvalue weighted by Gasteiger charge is 2.38. The quantitative estimate of drug-likeness (QED) is 0.355. The summed E-state index contributed by atoms with van der Waals surface area (Å²) in [7, 11) is -1.35. The van der Waals surface area contributed by atoms with E-state index in [0.29, 0.717) is 0 Å². The van der Waals surface area contributed by atoms with Crippen molar-refractivity contribution in [3.05, 3.63) is 84.8 Å². The van der Waals surface area contributed by atoms with Crippen molar-refractivity contribution in [2.24, 2.45) is 0 Å². The van der Waals surface area contributed by atoms with Gasteiger partial charge in [-0.1, -0.05) is 66.7 Å². The Balaban J connectivity index is 2.63. The molecule has 0 aliphatic heterocycles. The molecule has 0 heterocycles. The average Bonchev–Trinajstić information content (AvgIpc) is 2.63. The molecule has 0 radical (unpaired) electrons. The second kappa shape index (κ2) is 8.15. The van der Waals surface area contributed by atoms with Crippen molar-refractivity contribution in [3.8, 4) is 0 Å². The lowest BCUT2D eigenvalue weighted by molar-refractivity contribution is -0.134. The topological polar surface area (TPSA) is 35.5 Å². The van der Waals surface area contributed by atoms with Gasteiger partial charge in [-0.3, -0.25) is 0 Å². The van der Waals surface area contributed by atoms with E-state index in [-0.39, 0.29) is 0 Å². The number of benzene rings is 2. The van der Waals surface area contributed by atoms with Crippen molar-refractivity contribution >= 4 is 24.7 Å². The predicted molar refractivity (Wildman–Crippen MR) is 95.0 cm³/mol. The fourth-order valence-corrected chi connectivity index (χ4v) is 5.50. The van der Waals surface area contributed by atoms with Gasteiger partial charge in [0.1, 0.15) is 0 Å². The van der Waals surface area contributed by atoms with Crippen LogP contribution in [0.5, 0.6) is 0 Å². The maximum absolute atomic E-state index is 11.6. The summed E-state index contributed by atoms with van der Waals surface area (Å²) < 4.78 is 11.0. The summed E-state index contributed by atoms with van der Waals surface area (Å²) >= 11 is 0. The number of esters is 1. The first-order chi connectivity index (χ1) is 11.2. The molecule has 0 aliphatic carbocycles. The molecule has 0 aromatic heterocycles. The minimum absolute atomic E-state index is 0.391. The summed E-state index contributed by atoms with van der Waals surface area (Å²) in [6, 6.07) is 20.0. The van der Waals surface area contributed by atoms with E-state index in [4.69, 9.17) is 9.16 Å². The number of carbonyl (C=O) groups is 1. The van der Waals surface area contributed by atoms with E-state index in [2.05, 4.69) is 0 Å². The van der Waals surface area contributed by atoms with E-state index in [9.17, 15) is 4.79 Å². The molecule has 0 amide bonds. The maximum atomic E-state index is 11.6. The molecular formula is C19H20O3Si. The van der Waals surface area contributed by atoms with Crippen molar-refractivity contribution in [1.82, 2.24) is 0 Å². The van der Waals surface area contributed by atoms with Gasteiger partial charge >= 0.3 is 14.3 Å². The van der Waals surface area contributed by atoms with Crippen LogP contribution in [0.25, 0.3) is 0 Å². The summed E-state index contributed by atoms with van der Waals surface area (Å²) in [6.07, 6.45) is 4.99. The lowest BCUT2D eigenvalue weighted by Crippen LogP contribution is -2.58. The van der Waals surface area contributed by atoms with Crippen LogP contribution in [0, 0.1) is 0 Å². The van der Waals surface area contributed by atoms with Crippen LogP contribution in [0.15, 0.2) is 84.8 Å². The van der Waals surface area contributed by atoms with Crippen LogP contribution >= 0.6 is 0 Å². The van der Waals surface area contributed by atoms with E-state index in [1.165, 1.54) is 13.2 Å². The molecule has 23 heavy (non-hydrogen) atoms. The molecule has 0 spiro atoms. The van der Waals surface area contributed by atoms with E-state index < -0.39 is 14.3 Å². The molecule has 0 atom stereocenters. The molecule has 0 bridgehead atoms. The lowest BCUT2D eigenvalue weighted by atomic mass is 10.4. The minimum Gasteiger partial charge on any atom is -0.537 e. The van der Waals surface area contributed by atoms with Crippen molar-refractivity contribution in [2.45, 2.75) is 6.92 Å². The van der Waals surface area contributed by atoms with Crippen LogP contribution in [0.4, 0.5) is 0 Å². The molecule has 118 valence electrons. The van der Waals surface area contributed by atoms with Crippen molar-refractivity contribution in [3.63, 3.8) is 0 Å². The zero-order valence-corrected chi connectivity index (χ0v) is 14.3. The fraction of sp³-hybridized carbons (Fsp3) is 0.105. The van der Waals surface area contributed by atoms with Gasteiger partial charge in [0, 0.05) is 6.08 Å². The van der Waals surface area contributed by atoms with Gasteiger partial charge in [-0.05, 0) is 23.0 Å². The number of allylic oxidation sites excluding steroid dienone is 1. The third-order valence-electron chi connectivity index (χ3n) is 3.45. The molecule has 0 aliphatic rings. The van der Waals surface area contributed by atoms with Gasteiger partial charge in [0.25, 0.3) is 0 Å². The lowest BCUT2D eigenvalue weighted by Gasteiger charge is -2.28. The first-order valence-electron chi connectivity index (χ1n) is 7.40. The zero-order valence-electron chi connectivity index (χ0n) is 13.3. The monoisotopic (exact) mass is 324 g/mol. The normalized spacial score (nSPS) is 11.7. The number of ether oxygens (including phenoxy) is 1. The van der Waals surface area contributed by atoms with E-state index in [1.54, 1.807) is 6.26 Å². The number of hydrogen-bond donors (Lipinski definition) is 0. The van der Waals surface area contributed by atoms with Crippen molar-refractivity contribution < 1.29 is 14.0 Å². The Morgan fingerprint density at radius 1 is 0.957 bits per heavy atom. The van der Waals surface area contributed by atoms with Crippen LogP contribution in [0.3, 0.4) is 0 Å². The Hall–Kier alpha value is -2.59. The van der Waals surface area contributed by atoms with Crippen molar-refractivity contribution in [1.29, 1.82) is 0 Å². The Morgan fingerprint density at radius 3 is 1.91 bits per heavy atom. The van der Waals surface area contributed by atoms with Crippen LogP contribution in [-0.2, 0) is 14.0 Å². The van der Waals surface area contributed by atoms with Gasteiger partial charge in [0.2, 0.25) is 0 Å². The third kappa shape index (κ3) is 3.99. The van der Waals surface area contributed by atoms with Crippen LogP contribution in [0.1, 0.15) is 6.92 Å². The van der Waals surface area contributed by atoms with Crippen LogP contribution in [0.2, 0.25) is 0 Å². The van der Waals surface area contributed by atoms with E-state index in [0.717, 1.165) is 10.4 Å². The molecule has 2 aromatic rings. The van der Waals surface area contributed by atoms with Gasteiger partial charge in [0.05, 0.1) is 13.4 Å². The Labute approximate surface area is 138 Å². The zero-order chi connectivity index (χ0) is 16.5. The summed E-state index contributed by atoms with van der Waals surface area (Å²) in [5.41, 5.74) is 1.86. The molecule has 2 aromatic carbocycles. The Bertz CT molecular complexity index is 639. The summed E-state index contributed by atoms with van der Waals surface area (Å²) in [5, 5.41) is 2.12. The fourth-order valence-electron chi connectivity index (χ4n) is 2.33. The largest absolute Gasteiger partial charge is 0.537 e. The Morgan fingerprint density at radius 2 is 1.48 bits per heavy atom. The molecule has 3 nitrogen and oxygen atoms in total. The van der Waals surface area contributed by atoms with E-state index >= 15 is 0 Å². The molecule has 2 rings (SSSR count). The molecule has 0 saturated carbocycles. The maximum Gasteiger partial charge on any atom is 0.339 e. The second-order valence-corrected chi connectivity index (χ2v) is 8.11. The number of rotatable bonds is 6. The molecular weight excluding hydrogens is 304 g/mol. The SMILES string of the molecule is C/C=C/O[Si](/C=C/C(=O)OC)(c1ccccc1)c1ccccc1. The summed E-state index contributed by atoms with van der Waals surface area (Å²) in [6.45, 7) is 1.90. The standard InChI is InChI=1S/C19H20O3Si/c1-3-15-22-23(16-14-19(20)21-2,17-10-6-4-7-11-17)18-12-8-5-9-13-18/h3-16H,1-2H3/b15-3+,16-14+. The highest BCUT2D eigenvalue weighted by Crippen LogP contribution is 2.11. The van der Waals surface area contributed by atoms with Gasteiger partial charge < -0.3 is 9.16 Å². The first kappa shape index (κ1) is 16.8. The third-order valence-corrected chi connectivity index (χ3v) is 6.98. The average molecular weight is 324 g/mol. The summed E-state index contributed by atoms with van der Waals surface area (Å²) in [4.78, 5) is 11.6. The Kier molecular flexibility index (Phi) is 5.94. The molecule has 0 N–H and O–H groups in total. The number of carbonyl (C=O) groups excluding carboxylic acids is 1. The predicted octanol–water partition coefficient (Wildman–Crippen LogP) is 2.56. The van der Waals surface area contributed by atoms with Crippen molar-refractivity contribution in [2.75, 3.05) is 7.11 Å². The van der Waals surface area contributed by atoms with Gasteiger partial charge in [-0.15, -0.1) is 0 Å². The smallest absolute Gasteiger partial charge is 0.339 e. The van der Waals surface area contributed by atoms with Gasteiger partial charge in [-0.25, -0.2) is 4.79 Å². The number of methoxy groups -OCH3 is 1. The highest BCUT2D eigenvalue weighted by molar-refractivity contribution is 7.01. The second-order valence-electron chi connectivity index (χ2n) is 4.91. The van der Waals surface area contributed by atoms with Crippen LogP contribution < -0.4 is 10.4 Å². The van der Waals surface area contributed by atoms with Gasteiger partial charge in [0.15, 0.2) is 0 Å². The minimum atomic E-state index is -2.72.